The lowest BCUT2D eigenvalue weighted by Crippen LogP contribution is -2.15. The zero-order valence-corrected chi connectivity index (χ0v) is 15.3. The van der Waals surface area contributed by atoms with Gasteiger partial charge in [0.05, 0.1) is 5.56 Å². The molecule has 4 nitrogen and oxygen atoms in total. The minimum absolute atomic E-state index is 0.446. The van der Waals surface area contributed by atoms with Gasteiger partial charge in [-0.15, -0.1) is 0 Å². The lowest BCUT2D eigenvalue weighted by atomic mass is 10.1. The molecule has 0 saturated carbocycles. The van der Waals surface area contributed by atoms with Gasteiger partial charge in [-0.2, -0.15) is 0 Å². The molecule has 2 aromatic carbocycles. The van der Waals surface area contributed by atoms with Crippen molar-refractivity contribution >= 4 is 22.5 Å². The number of amides is 1. The highest BCUT2D eigenvalue weighted by atomic mass is 19.2. The van der Waals surface area contributed by atoms with Gasteiger partial charge in [-0.1, -0.05) is 0 Å². The summed E-state index contributed by atoms with van der Waals surface area (Å²) in [5.41, 5.74) is 3.00. The molecule has 0 saturated heterocycles. The molecule has 27 heavy (non-hydrogen) atoms. The van der Waals surface area contributed by atoms with E-state index in [0.717, 1.165) is 47.3 Å². The van der Waals surface area contributed by atoms with Crippen molar-refractivity contribution in [3.63, 3.8) is 0 Å². The number of benzene rings is 2. The van der Waals surface area contributed by atoms with Gasteiger partial charge in [0.2, 0.25) is 0 Å². The molecule has 0 bridgehead atoms. The average molecular weight is 375 g/mol. The SMILES string of the molecule is Cc1[nH]c2ccc(NC(=O)c3ccc(F)c(F)c3F)cc2c1CCN(C)C. The van der Waals surface area contributed by atoms with Crippen molar-refractivity contribution in [2.24, 2.45) is 0 Å². The molecule has 1 heterocycles. The van der Waals surface area contributed by atoms with Crippen LogP contribution in [0.4, 0.5) is 18.9 Å². The largest absolute Gasteiger partial charge is 0.358 e. The molecule has 0 radical (unpaired) electrons. The smallest absolute Gasteiger partial charge is 0.258 e. The highest BCUT2D eigenvalue weighted by Crippen LogP contribution is 2.26. The third-order valence-electron chi connectivity index (χ3n) is 4.47. The quantitative estimate of drug-likeness (QED) is 0.655. The number of anilines is 1. The first-order chi connectivity index (χ1) is 12.8. The van der Waals surface area contributed by atoms with Gasteiger partial charge in [-0.3, -0.25) is 4.79 Å². The molecule has 0 aliphatic carbocycles. The van der Waals surface area contributed by atoms with Gasteiger partial charge in [0.25, 0.3) is 5.91 Å². The molecule has 7 heteroatoms. The number of aryl methyl sites for hydroxylation is 1. The van der Waals surface area contributed by atoms with E-state index in [4.69, 9.17) is 0 Å². The number of carbonyl (C=O) groups is 1. The Morgan fingerprint density at radius 3 is 2.56 bits per heavy atom. The molecule has 0 fully saturated rings. The Labute approximate surface area is 155 Å². The number of fused-ring (bicyclic) bond motifs is 1. The van der Waals surface area contributed by atoms with Crippen molar-refractivity contribution in [2.75, 3.05) is 26.0 Å². The first kappa shape index (κ1) is 19.0. The van der Waals surface area contributed by atoms with Crippen molar-refractivity contribution in [3.8, 4) is 0 Å². The van der Waals surface area contributed by atoms with Crippen LogP contribution < -0.4 is 5.32 Å². The molecule has 3 aromatic rings. The molecule has 0 aliphatic rings. The van der Waals surface area contributed by atoms with Crippen molar-refractivity contribution in [2.45, 2.75) is 13.3 Å². The number of halogens is 3. The van der Waals surface area contributed by atoms with E-state index in [1.54, 1.807) is 12.1 Å². The van der Waals surface area contributed by atoms with Crippen LogP contribution in [-0.2, 0) is 6.42 Å². The second-order valence-electron chi connectivity index (χ2n) is 6.72. The Kier molecular flexibility index (Phi) is 5.23. The summed E-state index contributed by atoms with van der Waals surface area (Å²) in [6.45, 7) is 2.85. The molecule has 0 unspecified atom stereocenters. The van der Waals surface area contributed by atoms with Gasteiger partial charge in [0.1, 0.15) is 0 Å². The molecule has 1 aromatic heterocycles. The first-order valence-corrected chi connectivity index (χ1v) is 8.48. The molecule has 0 atom stereocenters. The van der Waals surface area contributed by atoms with Gasteiger partial charge >= 0.3 is 0 Å². The number of carbonyl (C=O) groups excluding carboxylic acids is 1. The fourth-order valence-corrected chi connectivity index (χ4v) is 3.02. The highest BCUT2D eigenvalue weighted by molar-refractivity contribution is 6.05. The molecule has 1 amide bonds. The molecule has 142 valence electrons. The zero-order valence-electron chi connectivity index (χ0n) is 15.3. The minimum atomic E-state index is -1.66. The number of hydrogen-bond donors (Lipinski definition) is 2. The average Bonchev–Trinajstić information content (AvgIpc) is 2.92. The number of rotatable bonds is 5. The lowest BCUT2D eigenvalue weighted by molar-refractivity contribution is 0.102. The van der Waals surface area contributed by atoms with Gasteiger partial charge in [-0.05, 0) is 63.3 Å². The van der Waals surface area contributed by atoms with E-state index in [0.29, 0.717) is 5.69 Å². The maximum Gasteiger partial charge on any atom is 0.258 e. The van der Waals surface area contributed by atoms with E-state index >= 15 is 0 Å². The van der Waals surface area contributed by atoms with Crippen molar-refractivity contribution in [1.82, 2.24) is 9.88 Å². The summed E-state index contributed by atoms with van der Waals surface area (Å²) < 4.78 is 40.2. The maximum atomic E-state index is 13.8. The van der Waals surface area contributed by atoms with Crippen molar-refractivity contribution < 1.29 is 18.0 Å². The number of aromatic amines is 1. The predicted molar refractivity (Wildman–Crippen MR) is 99.6 cm³/mol. The molecule has 3 rings (SSSR count). The van der Waals surface area contributed by atoms with Crippen LogP contribution in [0.2, 0.25) is 0 Å². The summed E-state index contributed by atoms with van der Waals surface area (Å²) >= 11 is 0. The van der Waals surface area contributed by atoms with E-state index in [-0.39, 0.29) is 0 Å². The first-order valence-electron chi connectivity index (χ1n) is 8.48. The molecule has 2 N–H and O–H groups in total. The van der Waals surface area contributed by atoms with E-state index in [1.165, 1.54) is 0 Å². The molecular weight excluding hydrogens is 355 g/mol. The summed E-state index contributed by atoms with van der Waals surface area (Å²) in [6.07, 6.45) is 0.827. The van der Waals surface area contributed by atoms with Gasteiger partial charge in [0.15, 0.2) is 17.5 Å². The summed E-state index contributed by atoms with van der Waals surface area (Å²) in [5, 5.41) is 3.50. The Balaban J connectivity index is 1.90. The van der Waals surface area contributed by atoms with Crippen molar-refractivity contribution in [1.29, 1.82) is 0 Å². The Morgan fingerprint density at radius 2 is 1.85 bits per heavy atom. The number of likely N-dealkylation sites (N-methyl/N-ethyl adjacent to an activating group) is 1. The van der Waals surface area contributed by atoms with Crippen LogP contribution in [0, 0.1) is 24.4 Å². The minimum Gasteiger partial charge on any atom is -0.358 e. The van der Waals surface area contributed by atoms with Gasteiger partial charge in [0, 0.05) is 28.8 Å². The second-order valence-corrected chi connectivity index (χ2v) is 6.72. The maximum absolute atomic E-state index is 13.8. The van der Waals surface area contributed by atoms with E-state index < -0.39 is 28.9 Å². The predicted octanol–water partition coefficient (Wildman–Crippen LogP) is 4.25. The zero-order chi connectivity index (χ0) is 19.7. The number of aromatic nitrogens is 1. The third kappa shape index (κ3) is 3.83. The monoisotopic (exact) mass is 375 g/mol. The number of H-pyrrole nitrogens is 1. The fourth-order valence-electron chi connectivity index (χ4n) is 3.02. The van der Waals surface area contributed by atoms with Crippen LogP contribution in [0.15, 0.2) is 30.3 Å². The normalized spacial score (nSPS) is 11.4. The van der Waals surface area contributed by atoms with E-state index in [9.17, 15) is 18.0 Å². The van der Waals surface area contributed by atoms with Crippen LogP contribution in [0.1, 0.15) is 21.6 Å². The van der Waals surface area contributed by atoms with E-state index in [2.05, 4.69) is 15.2 Å². The van der Waals surface area contributed by atoms with Gasteiger partial charge in [-0.25, -0.2) is 13.2 Å². The lowest BCUT2D eigenvalue weighted by Gasteiger charge is -2.10. The van der Waals surface area contributed by atoms with Crippen LogP contribution in [0.5, 0.6) is 0 Å². The van der Waals surface area contributed by atoms with Crippen LogP contribution in [0.25, 0.3) is 10.9 Å². The van der Waals surface area contributed by atoms with Crippen LogP contribution in [0.3, 0.4) is 0 Å². The number of nitrogens with one attached hydrogen (secondary N) is 2. The topological polar surface area (TPSA) is 48.1 Å². The Bertz CT molecular complexity index is 1010. The standard InChI is InChI=1S/C20H20F3N3O/c1-11-13(8-9-26(2)3)15-10-12(4-7-17(15)24-11)25-20(27)14-5-6-16(21)19(23)18(14)22/h4-7,10,24H,8-9H2,1-3H3,(H,25,27). The summed E-state index contributed by atoms with van der Waals surface area (Å²) in [6, 6.07) is 6.93. The summed E-state index contributed by atoms with van der Waals surface area (Å²) in [5.74, 6) is -5.34. The summed E-state index contributed by atoms with van der Waals surface area (Å²) in [4.78, 5) is 17.7. The summed E-state index contributed by atoms with van der Waals surface area (Å²) in [7, 11) is 3.98. The number of nitrogens with zero attached hydrogens (tertiary/aromatic N) is 1. The molecular formula is C20H20F3N3O. The Hall–Kier alpha value is -2.80. The highest BCUT2D eigenvalue weighted by Gasteiger charge is 2.19. The van der Waals surface area contributed by atoms with E-state index in [1.807, 2.05) is 27.1 Å². The second kappa shape index (κ2) is 7.44. The van der Waals surface area contributed by atoms with Crippen LogP contribution >= 0.6 is 0 Å². The number of hydrogen-bond acceptors (Lipinski definition) is 2. The van der Waals surface area contributed by atoms with Gasteiger partial charge < -0.3 is 15.2 Å². The van der Waals surface area contributed by atoms with Crippen LogP contribution in [-0.4, -0.2) is 36.4 Å². The Morgan fingerprint density at radius 1 is 1.11 bits per heavy atom. The van der Waals surface area contributed by atoms with Crippen molar-refractivity contribution in [3.05, 3.63) is 64.6 Å². The third-order valence-corrected chi connectivity index (χ3v) is 4.47. The molecule has 0 spiro atoms. The fraction of sp³-hybridized carbons (Fsp3) is 0.250. The molecule has 0 aliphatic heterocycles.